The van der Waals surface area contributed by atoms with Crippen LogP contribution in [0.25, 0.3) is 0 Å². The van der Waals surface area contributed by atoms with Gasteiger partial charge in [-0.15, -0.1) is 0 Å². The summed E-state index contributed by atoms with van der Waals surface area (Å²) in [4.78, 5) is 24.9. The van der Waals surface area contributed by atoms with E-state index in [4.69, 9.17) is 0 Å². The summed E-state index contributed by atoms with van der Waals surface area (Å²) in [6.07, 6.45) is 0. The van der Waals surface area contributed by atoms with Crippen LogP contribution in [0.3, 0.4) is 0 Å². The molecule has 0 heterocycles. The average Bonchev–Trinajstić information content (AvgIpc) is 2.70. The Morgan fingerprint density at radius 2 is 1.25 bits per heavy atom. The number of benzene rings is 3. The van der Waals surface area contributed by atoms with Crippen LogP contribution in [0.2, 0.25) is 0 Å². The molecule has 0 saturated carbocycles. The maximum atomic E-state index is 12.5. The molecule has 0 fully saturated rings. The van der Waals surface area contributed by atoms with Gasteiger partial charge >= 0.3 is 0 Å². The summed E-state index contributed by atoms with van der Waals surface area (Å²) < 4.78 is 0. The first-order chi connectivity index (χ1) is 13.4. The first kappa shape index (κ1) is 19.4. The third-order valence-corrected chi connectivity index (χ3v) is 4.70. The fourth-order valence-corrected chi connectivity index (χ4v) is 2.96. The van der Waals surface area contributed by atoms with Gasteiger partial charge in [0.05, 0.1) is 0 Å². The van der Waals surface area contributed by atoms with Gasteiger partial charge in [-0.05, 0) is 61.7 Å². The fraction of sp³-hybridized carbons (Fsp3) is 0.167. The van der Waals surface area contributed by atoms with Crippen molar-refractivity contribution >= 4 is 17.5 Å². The van der Waals surface area contributed by atoms with Crippen molar-refractivity contribution in [2.24, 2.45) is 0 Å². The number of anilines is 1. The zero-order valence-electron chi connectivity index (χ0n) is 16.4. The Kier molecular flexibility index (Phi) is 5.90. The van der Waals surface area contributed by atoms with E-state index in [1.54, 1.807) is 24.3 Å². The van der Waals surface area contributed by atoms with Crippen molar-refractivity contribution in [3.63, 3.8) is 0 Å². The maximum Gasteiger partial charge on any atom is 0.255 e. The Balaban J connectivity index is 1.63. The SMILES string of the molecule is Cc1ccc(CNC(=O)c2ccc(C(=O)Nc3c(C)cccc3C)cc2)cc1. The van der Waals surface area contributed by atoms with E-state index in [1.807, 2.05) is 63.2 Å². The summed E-state index contributed by atoms with van der Waals surface area (Å²) in [6, 6.07) is 20.6. The van der Waals surface area contributed by atoms with Gasteiger partial charge < -0.3 is 10.6 Å². The molecule has 3 aromatic rings. The molecule has 0 aliphatic rings. The zero-order valence-corrected chi connectivity index (χ0v) is 16.4. The second-order valence-corrected chi connectivity index (χ2v) is 6.97. The maximum absolute atomic E-state index is 12.5. The summed E-state index contributed by atoms with van der Waals surface area (Å²) in [6.45, 7) is 6.42. The van der Waals surface area contributed by atoms with Crippen LogP contribution < -0.4 is 10.6 Å². The van der Waals surface area contributed by atoms with Crippen molar-refractivity contribution in [2.45, 2.75) is 27.3 Å². The van der Waals surface area contributed by atoms with Gasteiger partial charge in [-0.1, -0.05) is 48.0 Å². The number of amides is 2. The minimum Gasteiger partial charge on any atom is -0.348 e. The number of nitrogens with one attached hydrogen (secondary N) is 2. The molecule has 0 aliphatic carbocycles. The molecule has 0 atom stereocenters. The van der Waals surface area contributed by atoms with Crippen LogP contribution in [0.15, 0.2) is 66.7 Å². The molecule has 4 nitrogen and oxygen atoms in total. The topological polar surface area (TPSA) is 58.2 Å². The number of carbonyl (C=O) groups excluding carboxylic acids is 2. The number of hydrogen-bond donors (Lipinski definition) is 2. The van der Waals surface area contributed by atoms with Gasteiger partial charge in [0.2, 0.25) is 0 Å². The molecule has 0 spiro atoms. The molecule has 28 heavy (non-hydrogen) atoms. The van der Waals surface area contributed by atoms with Gasteiger partial charge in [0.15, 0.2) is 0 Å². The normalized spacial score (nSPS) is 10.4. The fourth-order valence-electron chi connectivity index (χ4n) is 2.96. The molecular formula is C24H24N2O2. The van der Waals surface area contributed by atoms with Crippen LogP contribution in [0.5, 0.6) is 0 Å². The average molecular weight is 372 g/mol. The van der Waals surface area contributed by atoms with Crippen LogP contribution in [0, 0.1) is 20.8 Å². The second-order valence-electron chi connectivity index (χ2n) is 6.97. The van der Waals surface area contributed by atoms with Crippen LogP contribution in [-0.2, 0) is 6.54 Å². The number of para-hydroxylation sites is 1. The lowest BCUT2D eigenvalue weighted by Gasteiger charge is -2.12. The molecule has 0 aromatic heterocycles. The first-order valence-corrected chi connectivity index (χ1v) is 9.25. The van der Waals surface area contributed by atoms with Gasteiger partial charge in [-0.2, -0.15) is 0 Å². The Bertz CT molecular complexity index is 970. The van der Waals surface area contributed by atoms with Gasteiger partial charge in [0.1, 0.15) is 0 Å². The molecule has 2 N–H and O–H groups in total. The molecule has 0 radical (unpaired) electrons. The molecular weight excluding hydrogens is 348 g/mol. The van der Waals surface area contributed by atoms with E-state index in [2.05, 4.69) is 10.6 Å². The molecule has 0 saturated heterocycles. The molecule has 3 aromatic carbocycles. The van der Waals surface area contributed by atoms with Gasteiger partial charge in [0, 0.05) is 23.4 Å². The van der Waals surface area contributed by atoms with Crippen molar-refractivity contribution < 1.29 is 9.59 Å². The summed E-state index contributed by atoms with van der Waals surface area (Å²) >= 11 is 0. The van der Waals surface area contributed by atoms with E-state index in [9.17, 15) is 9.59 Å². The Morgan fingerprint density at radius 1 is 0.714 bits per heavy atom. The first-order valence-electron chi connectivity index (χ1n) is 9.25. The summed E-state index contributed by atoms with van der Waals surface area (Å²) in [5.74, 6) is -0.355. The lowest BCUT2D eigenvalue weighted by molar-refractivity contribution is 0.0949. The molecule has 142 valence electrons. The predicted molar refractivity (Wildman–Crippen MR) is 113 cm³/mol. The van der Waals surface area contributed by atoms with E-state index in [0.717, 1.165) is 22.4 Å². The Morgan fingerprint density at radius 3 is 1.82 bits per heavy atom. The van der Waals surface area contributed by atoms with E-state index >= 15 is 0 Å². The van der Waals surface area contributed by atoms with Gasteiger partial charge in [-0.25, -0.2) is 0 Å². The number of aryl methyl sites for hydroxylation is 3. The molecule has 0 bridgehead atoms. The highest BCUT2D eigenvalue weighted by atomic mass is 16.2. The minimum atomic E-state index is -0.191. The molecule has 3 rings (SSSR count). The van der Waals surface area contributed by atoms with Gasteiger partial charge in [-0.3, -0.25) is 9.59 Å². The largest absolute Gasteiger partial charge is 0.348 e. The van der Waals surface area contributed by atoms with Crippen molar-refractivity contribution in [2.75, 3.05) is 5.32 Å². The zero-order chi connectivity index (χ0) is 20.1. The molecule has 4 heteroatoms. The quantitative estimate of drug-likeness (QED) is 0.676. The number of carbonyl (C=O) groups is 2. The molecule has 0 aliphatic heterocycles. The molecule has 0 unspecified atom stereocenters. The standard InChI is InChI=1S/C24H24N2O2/c1-16-7-9-19(10-8-16)15-25-23(27)20-11-13-21(14-12-20)24(28)26-22-17(2)5-4-6-18(22)3/h4-14H,15H2,1-3H3,(H,25,27)(H,26,28). The second kappa shape index (κ2) is 8.53. The van der Waals surface area contributed by atoms with Crippen molar-refractivity contribution in [3.05, 3.63) is 100 Å². The monoisotopic (exact) mass is 372 g/mol. The Labute approximate surface area is 165 Å². The summed E-state index contributed by atoms with van der Waals surface area (Å²) in [7, 11) is 0. The highest BCUT2D eigenvalue weighted by Crippen LogP contribution is 2.20. The smallest absolute Gasteiger partial charge is 0.255 e. The third kappa shape index (κ3) is 4.65. The summed E-state index contributed by atoms with van der Waals surface area (Å²) in [5, 5.41) is 5.85. The number of hydrogen-bond acceptors (Lipinski definition) is 2. The van der Waals surface area contributed by atoms with Crippen molar-refractivity contribution in [3.8, 4) is 0 Å². The highest BCUT2D eigenvalue weighted by molar-refractivity contribution is 6.05. The Hall–Kier alpha value is -3.40. The van der Waals surface area contributed by atoms with Crippen LogP contribution >= 0.6 is 0 Å². The van der Waals surface area contributed by atoms with Crippen molar-refractivity contribution in [1.82, 2.24) is 5.32 Å². The molecule has 2 amide bonds. The van der Waals surface area contributed by atoms with Crippen molar-refractivity contribution in [1.29, 1.82) is 0 Å². The van der Waals surface area contributed by atoms with E-state index in [0.29, 0.717) is 17.7 Å². The third-order valence-electron chi connectivity index (χ3n) is 4.70. The van der Waals surface area contributed by atoms with Crippen LogP contribution in [0.4, 0.5) is 5.69 Å². The van der Waals surface area contributed by atoms with Crippen LogP contribution in [0.1, 0.15) is 43.0 Å². The van der Waals surface area contributed by atoms with Gasteiger partial charge in [0.25, 0.3) is 11.8 Å². The predicted octanol–water partition coefficient (Wildman–Crippen LogP) is 4.79. The minimum absolute atomic E-state index is 0.165. The lowest BCUT2D eigenvalue weighted by Crippen LogP contribution is -2.23. The lowest BCUT2D eigenvalue weighted by atomic mass is 10.1. The van der Waals surface area contributed by atoms with E-state index in [1.165, 1.54) is 5.56 Å². The number of rotatable bonds is 5. The van der Waals surface area contributed by atoms with E-state index in [-0.39, 0.29) is 11.8 Å². The summed E-state index contributed by atoms with van der Waals surface area (Å²) in [5.41, 5.74) is 6.12. The van der Waals surface area contributed by atoms with Crippen LogP contribution in [-0.4, -0.2) is 11.8 Å². The highest BCUT2D eigenvalue weighted by Gasteiger charge is 2.11. The van der Waals surface area contributed by atoms with E-state index < -0.39 is 0 Å².